The smallest absolute Gasteiger partial charge is 0.274 e. The second-order valence-electron chi connectivity index (χ2n) is 5.54. The molecule has 0 spiro atoms. The van der Waals surface area contributed by atoms with Crippen LogP contribution in [0.2, 0.25) is 5.02 Å². The fourth-order valence-corrected chi connectivity index (χ4v) is 2.50. The third-order valence-electron chi connectivity index (χ3n) is 3.52. The van der Waals surface area contributed by atoms with Gasteiger partial charge in [-0.1, -0.05) is 17.7 Å². The van der Waals surface area contributed by atoms with Crippen LogP contribution in [0.1, 0.15) is 16.2 Å². The Kier molecular flexibility index (Phi) is 5.34. The maximum atomic E-state index is 12.5. The Bertz CT molecular complexity index is 929. The number of nitrogens with zero attached hydrogens (tertiary/aromatic N) is 2. The Labute approximate surface area is 156 Å². The first kappa shape index (κ1) is 17.7. The van der Waals surface area contributed by atoms with Crippen LogP contribution >= 0.6 is 11.6 Å². The highest BCUT2D eigenvalue weighted by atomic mass is 35.5. The minimum Gasteiger partial charge on any atom is -0.497 e. The maximum absolute atomic E-state index is 12.5. The second-order valence-corrected chi connectivity index (χ2v) is 5.97. The highest BCUT2D eigenvalue weighted by Crippen LogP contribution is 2.19. The molecule has 1 amide bonds. The number of nitrogens with one attached hydrogen (secondary N) is 2. The Balaban J connectivity index is 1.79. The Morgan fingerprint density at radius 1 is 1.04 bits per heavy atom. The molecular weight excluding hydrogens is 352 g/mol. The van der Waals surface area contributed by atoms with Gasteiger partial charge in [0.1, 0.15) is 11.4 Å². The van der Waals surface area contributed by atoms with E-state index in [1.807, 2.05) is 24.3 Å². The van der Waals surface area contributed by atoms with Gasteiger partial charge in [-0.15, -0.1) is 0 Å². The number of methoxy groups -OCH3 is 1. The summed E-state index contributed by atoms with van der Waals surface area (Å²) in [5.74, 6) is 0.754. The van der Waals surface area contributed by atoms with Crippen molar-refractivity contribution in [2.24, 2.45) is 0 Å². The van der Waals surface area contributed by atoms with E-state index in [-0.39, 0.29) is 11.6 Å². The van der Waals surface area contributed by atoms with Crippen molar-refractivity contribution >= 4 is 34.8 Å². The molecule has 0 atom stereocenters. The fraction of sp³-hybridized carbons (Fsp3) is 0.105. The summed E-state index contributed by atoms with van der Waals surface area (Å²) in [5, 5.41) is 6.40. The maximum Gasteiger partial charge on any atom is 0.274 e. The highest BCUT2D eigenvalue weighted by molar-refractivity contribution is 6.30. The molecule has 1 aromatic heterocycles. The van der Waals surface area contributed by atoms with Crippen LogP contribution in [0.25, 0.3) is 0 Å². The van der Waals surface area contributed by atoms with Crippen molar-refractivity contribution < 1.29 is 9.53 Å². The lowest BCUT2D eigenvalue weighted by Gasteiger charge is -2.09. The molecule has 0 unspecified atom stereocenters. The van der Waals surface area contributed by atoms with Gasteiger partial charge in [0.15, 0.2) is 0 Å². The van der Waals surface area contributed by atoms with Crippen LogP contribution in [0.3, 0.4) is 0 Å². The topological polar surface area (TPSA) is 76.1 Å². The predicted octanol–water partition coefficient (Wildman–Crippen LogP) is 4.44. The summed E-state index contributed by atoms with van der Waals surface area (Å²) in [4.78, 5) is 21.1. The number of hydrogen-bond donors (Lipinski definition) is 2. The van der Waals surface area contributed by atoms with E-state index in [1.54, 1.807) is 44.4 Å². The van der Waals surface area contributed by atoms with Gasteiger partial charge < -0.3 is 15.4 Å². The van der Waals surface area contributed by atoms with E-state index in [4.69, 9.17) is 16.3 Å². The second kappa shape index (κ2) is 7.84. The van der Waals surface area contributed by atoms with E-state index >= 15 is 0 Å². The molecule has 0 saturated heterocycles. The Morgan fingerprint density at radius 3 is 2.50 bits per heavy atom. The van der Waals surface area contributed by atoms with Crippen LogP contribution in [0.4, 0.5) is 17.3 Å². The molecule has 0 bridgehead atoms. The standard InChI is InChI=1S/C19H17ClN4O2/c1-12-10-17(18(25)22-15-5-3-4-13(20)11-15)24-19(21-12)23-14-6-8-16(26-2)9-7-14/h3-11H,1-2H3,(H,22,25)(H,21,23,24). The summed E-state index contributed by atoms with van der Waals surface area (Å²) in [5.41, 5.74) is 2.32. The Hall–Kier alpha value is -3.12. The molecule has 3 rings (SSSR count). The summed E-state index contributed by atoms with van der Waals surface area (Å²) in [6.07, 6.45) is 0. The lowest BCUT2D eigenvalue weighted by atomic mass is 10.3. The zero-order valence-electron chi connectivity index (χ0n) is 14.3. The van der Waals surface area contributed by atoms with Gasteiger partial charge in [-0.3, -0.25) is 4.79 Å². The number of aryl methyl sites for hydroxylation is 1. The third-order valence-corrected chi connectivity index (χ3v) is 3.75. The molecule has 3 aromatic rings. The van der Waals surface area contributed by atoms with Crippen LogP contribution in [0, 0.1) is 6.92 Å². The zero-order valence-corrected chi connectivity index (χ0v) is 15.0. The van der Waals surface area contributed by atoms with E-state index in [1.165, 1.54) is 0 Å². The summed E-state index contributed by atoms with van der Waals surface area (Å²) in [7, 11) is 1.61. The number of amides is 1. The average Bonchev–Trinajstić information content (AvgIpc) is 2.62. The number of benzene rings is 2. The monoisotopic (exact) mass is 368 g/mol. The number of rotatable bonds is 5. The Morgan fingerprint density at radius 2 is 1.81 bits per heavy atom. The highest BCUT2D eigenvalue weighted by Gasteiger charge is 2.11. The molecule has 0 aliphatic rings. The number of hydrogen-bond acceptors (Lipinski definition) is 5. The molecule has 0 radical (unpaired) electrons. The normalized spacial score (nSPS) is 10.3. The van der Waals surface area contributed by atoms with E-state index in [2.05, 4.69) is 20.6 Å². The van der Waals surface area contributed by atoms with Crippen molar-refractivity contribution in [1.29, 1.82) is 0 Å². The lowest BCUT2D eigenvalue weighted by Crippen LogP contribution is -2.15. The summed E-state index contributed by atoms with van der Waals surface area (Å²) >= 11 is 5.94. The van der Waals surface area contributed by atoms with Crippen LogP contribution in [0.5, 0.6) is 5.75 Å². The molecule has 2 N–H and O–H groups in total. The number of carbonyl (C=O) groups is 1. The first-order valence-corrected chi connectivity index (χ1v) is 8.25. The van der Waals surface area contributed by atoms with Gasteiger partial charge in [0.25, 0.3) is 5.91 Å². The van der Waals surface area contributed by atoms with Crippen molar-refractivity contribution in [3.8, 4) is 5.75 Å². The molecule has 0 fully saturated rings. The molecule has 0 aliphatic carbocycles. The molecule has 1 heterocycles. The number of aromatic nitrogens is 2. The lowest BCUT2D eigenvalue weighted by molar-refractivity contribution is 0.102. The van der Waals surface area contributed by atoms with E-state index in [9.17, 15) is 4.79 Å². The third kappa shape index (κ3) is 4.49. The number of ether oxygens (including phenoxy) is 1. The van der Waals surface area contributed by atoms with Crippen molar-refractivity contribution in [2.75, 3.05) is 17.7 Å². The molecule has 26 heavy (non-hydrogen) atoms. The number of anilines is 3. The van der Waals surface area contributed by atoms with Gasteiger partial charge in [-0.05, 0) is 55.5 Å². The minimum atomic E-state index is -0.337. The molecule has 0 aliphatic heterocycles. The van der Waals surface area contributed by atoms with Crippen LogP contribution < -0.4 is 15.4 Å². The van der Waals surface area contributed by atoms with Gasteiger partial charge in [-0.2, -0.15) is 0 Å². The van der Waals surface area contributed by atoms with E-state index in [0.717, 1.165) is 11.4 Å². The molecule has 6 nitrogen and oxygen atoms in total. The molecule has 7 heteroatoms. The summed E-state index contributed by atoms with van der Waals surface area (Å²) in [6.45, 7) is 1.80. The number of halogens is 1. The zero-order chi connectivity index (χ0) is 18.5. The van der Waals surface area contributed by atoms with Crippen LogP contribution in [-0.4, -0.2) is 23.0 Å². The largest absolute Gasteiger partial charge is 0.497 e. The van der Waals surface area contributed by atoms with E-state index < -0.39 is 0 Å². The SMILES string of the molecule is COc1ccc(Nc2nc(C)cc(C(=O)Nc3cccc(Cl)c3)n2)cc1. The van der Waals surface area contributed by atoms with Crippen molar-refractivity contribution in [2.45, 2.75) is 6.92 Å². The van der Waals surface area contributed by atoms with Crippen molar-refractivity contribution in [3.63, 3.8) is 0 Å². The fourth-order valence-electron chi connectivity index (χ4n) is 2.31. The van der Waals surface area contributed by atoms with Crippen molar-refractivity contribution in [3.05, 3.63) is 71.0 Å². The van der Waals surface area contributed by atoms with E-state index in [0.29, 0.717) is 22.4 Å². The van der Waals surface area contributed by atoms with Crippen molar-refractivity contribution in [1.82, 2.24) is 9.97 Å². The van der Waals surface area contributed by atoms with Gasteiger partial charge in [-0.25, -0.2) is 9.97 Å². The first-order chi connectivity index (χ1) is 12.5. The van der Waals surface area contributed by atoms with Crippen LogP contribution in [0.15, 0.2) is 54.6 Å². The summed E-state index contributed by atoms with van der Waals surface area (Å²) in [6, 6.07) is 15.9. The molecule has 0 saturated carbocycles. The quantitative estimate of drug-likeness (QED) is 0.696. The van der Waals surface area contributed by atoms with Gasteiger partial charge in [0.2, 0.25) is 5.95 Å². The predicted molar refractivity (Wildman–Crippen MR) is 102 cm³/mol. The average molecular weight is 369 g/mol. The summed E-state index contributed by atoms with van der Waals surface area (Å²) < 4.78 is 5.13. The van der Waals surface area contributed by atoms with Gasteiger partial charge in [0, 0.05) is 22.1 Å². The van der Waals surface area contributed by atoms with Gasteiger partial charge >= 0.3 is 0 Å². The number of carbonyl (C=O) groups excluding carboxylic acids is 1. The minimum absolute atomic E-state index is 0.258. The van der Waals surface area contributed by atoms with Gasteiger partial charge in [0.05, 0.1) is 7.11 Å². The first-order valence-electron chi connectivity index (χ1n) is 7.87. The molecule has 132 valence electrons. The van der Waals surface area contributed by atoms with Crippen LogP contribution in [-0.2, 0) is 0 Å². The molecule has 2 aromatic carbocycles. The molecular formula is C19H17ClN4O2.